The summed E-state index contributed by atoms with van der Waals surface area (Å²) in [6, 6.07) is 11.4. The number of fused-ring (bicyclic) bond motifs is 1. The average Bonchev–Trinajstić information content (AvgIpc) is 3.33. The minimum Gasteiger partial charge on any atom is -0.467 e. The molecule has 9 heteroatoms. The first kappa shape index (κ1) is 21.9. The fourth-order valence-corrected chi connectivity index (χ4v) is 4.46. The van der Waals surface area contributed by atoms with Crippen LogP contribution >= 0.6 is 0 Å². The zero-order chi connectivity index (χ0) is 23.9. The summed E-state index contributed by atoms with van der Waals surface area (Å²) >= 11 is 0. The fraction of sp³-hybridized carbons (Fsp3) is 0.360. The summed E-state index contributed by atoms with van der Waals surface area (Å²) in [4.78, 5) is 45.7. The molecule has 1 aliphatic heterocycles. The van der Waals surface area contributed by atoms with Crippen LogP contribution in [0.15, 0.2) is 53.4 Å². The lowest BCUT2D eigenvalue weighted by atomic mass is 9.93. The molecule has 1 aliphatic carbocycles. The number of aromatic nitrogens is 2. The third kappa shape index (κ3) is 3.98. The molecule has 9 nitrogen and oxygen atoms in total. The van der Waals surface area contributed by atoms with Crippen molar-refractivity contribution in [2.45, 2.75) is 57.9 Å². The minimum atomic E-state index is -1.08. The van der Waals surface area contributed by atoms with Crippen molar-refractivity contribution in [1.29, 1.82) is 0 Å². The highest BCUT2D eigenvalue weighted by molar-refractivity contribution is 6.07. The van der Waals surface area contributed by atoms with Gasteiger partial charge in [-0.3, -0.25) is 14.4 Å². The molecule has 1 saturated carbocycles. The molecule has 3 aromatic rings. The molecule has 1 aromatic carbocycles. The van der Waals surface area contributed by atoms with Gasteiger partial charge < -0.3 is 24.5 Å². The number of carbonyl (C=O) groups excluding carboxylic acids is 3. The number of carbonyl (C=O) groups is 3. The lowest BCUT2D eigenvalue weighted by Gasteiger charge is -2.44. The maximum atomic E-state index is 13.6. The highest BCUT2D eigenvalue weighted by Crippen LogP contribution is 2.38. The van der Waals surface area contributed by atoms with Gasteiger partial charge in [-0.25, -0.2) is 4.98 Å². The van der Waals surface area contributed by atoms with E-state index in [-0.39, 0.29) is 42.3 Å². The lowest BCUT2D eigenvalue weighted by molar-refractivity contribution is -0.133. The van der Waals surface area contributed by atoms with Crippen molar-refractivity contribution in [3.8, 4) is 0 Å². The number of rotatable bonds is 7. The van der Waals surface area contributed by atoms with Crippen molar-refractivity contribution in [3.05, 3.63) is 77.3 Å². The largest absolute Gasteiger partial charge is 0.467 e. The van der Waals surface area contributed by atoms with Gasteiger partial charge in [-0.2, -0.15) is 0 Å². The quantitative estimate of drug-likeness (QED) is 0.562. The van der Waals surface area contributed by atoms with Crippen molar-refractivity contribution in [2.75, 3.05) is 0 Å². The SMILES string of the molecule is Cc1ccc(CNC(=O)[C@@]2(C)Cn3cnc(C(=O)NCc4ccco4)c3C(=O)N2C2CC2)cc1. The summed E-state index contributed by atoms with van der Waals surface area (Å²) in [5.41, 5.74) is 1.33. The molecule has 2 aromatic heterocycles. The Hall–Kier alpha value is -3.88. The molecule has 3 amide bonds. The summed E-state index contributed by atoms with van der Waals surface area (Å²) in [7, 11) is 0. The maximum absolute atomic E-state index is 13.6. The van der Waals surface area contributed by atoms with Gasteiger partial charge in [-0.15, -0.1) is 0 Å². The monoisotopic (exact) mass is 461 g/mol. The van der Waals surface area contributed by atoms with E-state index in [2.05, 4.69) is 15.6 Å². The molecule has 0 saturated heterocycles. The van der Waals surface area contributed by atoms with Crippen LogP contribution in [0.3, 0.4) is 0 Å². The molecule has 34 heavy (non-hydrogen) atoms. The topological polar surface area (TPSA) is 109 Å². The van der Waals surface area contributed by atoms with E-state index >= 15 is 0 Å². The fourth-order valence-electron chi connectivity index (χ4n) is 4.46. The Morgan fingerprint density at radius 1 is 1.15 bits per heavy atom. The molecule has 0 unspecified atom stereocenters. The first-order valence-corrected chi connectivity index (χ1v) is 11.4. The Morgan fingerprint density at radius 3 is 2.59 bits per heavy atom. The third-order valence-corrected chi connectivity index (χ3v) is 6.46. The van der Waals surface area contributed by atoms with Crippen LogP contribution in [0.25, 0.3) is 0 Å². The molecule has 0 radical (unpaired) electrons. The van der Waals surface area contributed by atoms with Crippen molar-refractivity contribution >= 4 is 17.7 Å². The highest BCUT2D eigenvalue weighted by atomic mass is 16.3. The zero-order valence-corrected chi connectivity index (χ0v) is 19.2. The molecule has 0 bridgehead atoms. The van der Waals surface area contributed by atoms with Crippen LogP contribution in [0.1, 0.15) is 57.6 Å². The first-order valence-electron chi connectivity index (χ1n) is 11.4. The molecular weight excluding hydrogens is 434 g/mol. The molecule has 1 atom stereocenters. The van der Waals surface area contributed by atoms with Crippen molar-refractivity contribution in [2.24, 2.45) is 0 Å². The second-order valence-electron chi connectivity index (χ2n) is 9.18. The average molecular weight is 462 g/mol. The molecule has 2 N–H and O–H groups in total. The maximum Gasteiger partial charge on any atom is 0.274 e. The van der Waals surface area contributed by atoms with Crippen molar-refractivity contribution in [1.82, 2.24) is 25.1 Å². The molecule has 176 valence electrons. The van der Waals surface area contributed by atoms with Gasteiger partial charge >= 0.3 is 0 Å². The number of nitrogens with zero attached hydrogens (tertiary/aromatic N) is 3. The lowest BCUT2D eigenvalue weighted by Crippen LogP contribution is -2.64. The Morgan fingerprint density at radius 2 is 1.91 bits per heavy atom. The van der Waals surface area contributed by atoms with Gasteiger partial charge in [0, 0.05) is 12.6 Å². The van der Waals surface area contributed by atoms with Crippen molar-refractivity contribution < 1.29 is 18.8 Å². The van der Waals surface area contributed by atoms with Crippen LogP contribution in [0.2, 0.25) is 0 Å². The van der Waals surface area contributed by atoms with E-state index in [1.54, 1.807) is 28.5 Å². The second-order valence-corrected chi connectivity index (χ2v) is 9.18. The number of furan rings is 1. The Labute approximate surface area is 197 Å². The number of amides is 3. The van der Waals surface area contributed by atoms with Gasteiger partial charge in [0.1, 0.15) is 17.0 Å². The summed E-state index contributed by atoms with van der Waals surface area (Å²) < 4.78 is 6.87. The van der Waals surface area contributed by atoms with Gasteiger partial charge in [0.15, 0.2) is 5.69 Å². The number of nitrogens with one attached hydrogen (secondary N) is 2. The van der Waals surface area contributed by atoms with Crippen LogP contribution in [0, 0.1) is 6.92 Å². The van der Waals surface area contributed by atoms with E-state index in [1.165, 1.54) is 12.6 Å². The van der Waals surface area contributed by atoms with Crippen LogP contribution in [0.4, 0.5) is 0 Å². The van der Waals surface area contributed by atoms with E-state index < -0.39 is 11.4 Å². The number of hydrogen-bond donors (Lipinski definition) is 2. The number of benzene rings is 1. The summed E-state index contributed by atoms with van der Waals surface area (Å²) in [5, 5.41) is 5.75. The highest BCUT2D eigenvalue weighted by Gasteiger charge is 2.53. The zero-order valence-electron chi connectivity index (χ0n) is 19.2. The third-order valence-electron chi connectivity index (χ3n) is 6.46. The minimum absolute atomic E-state index is 0.0229. The summed E-state index contributed by atoms with van der Waals surface area (Å²) in [5.74, 6) is -0.425. The van der Waals surface area contributed by atoms with Gasteiger partial charge in [0.05, 0.1) is 25.7 Å². The smallest absolute Gasteiger partial charge is 0.274 e. The summed E-state index contributed by atoms with van der Waals surface area (Å²) in [6.07, 6.45) is 4.66. The molecule has 1 fully saturated rings. The van der Waals surface area contributed by atoms with E-state index in [0.29, 0.717) is 12.3 Å². The van der Waals surface area contributed by atoms with Crippen LogP contribution < -0.4 is 10.6 Å². The Bertz CT molecular complexity index is 1230. The predicted molar refractivity (Wildman–Crippen MR) is 123 cm³/mol. The Balaban J connectivity index is 1.37. The van der Waals surface area contributed by atoms with E-state index in [9.17, 15) is 14.4 Å². The van der Waals surface area contributed by atoms with E-state index in [0.717, 1.165) is 24.0 Å². The second kappa shape index (κ2) is 8.48. The summed E-state index contributed by atoms with van der Waals surface area (Å²) in [6.45, 7) is 4.59. The van der Waals surface area contributed by atoms with Gasteiger partial charge in [0.25, 0.3) is 11.8 Å². The predicted octanol–water partition coefficient (Wildman–Crippen LogP) is 2.41. The molecule has 5 rings (SSSR count). The van der Waals surface area contributed by atoms with Gasteiger partial charge in [-0.1, -0.05) is 29.8 Å². The van der Waals surface area contributed by atoms with E-state index in [1.807, 2.05) is 31.2 Å². The van der Waals surface area contributed by atoms with Crippen LogP contribution in [0.5, 0.6) is 0 Å². The molecular formula is C25H27N5O4. The van der Waals surface area contributed by atoms with E-state index in [4.69, 9.17) is 4.42 Å². The van der Waals surface area contributed by atoms with Crippen LogP contribution in [-0.4, -0.2) is 43.8 Å². The van der Waals surface area contributed by atoms with Crippen LogP contribution in [-0.2, 0) is 24.4 Å². The molecule has 0 spiro atoms. The molecule has 3 heterocycles. The van der Waals surface area contributed by atoms with Gasteiger partial charge in [0.2, 0.25) is 5.91 Å². The standard InChI is InChI=1S/C25H27N5O4/c1-16-5-7-17(8-6-16)12-27-24(33)25(2)14-29-15-28-20(21(29)23(32)30(25)18-9-10-18)22(31)26-13-19-4-3-11-34-19/h3-8,11,15,18H,9-10,12-14H2,1-2H3,(H,26,31)(H,27,33)/t25-/m1/s1. The first-order chi connectivity index (χ1) is 16.4. The van der Waals surface area contributed by atoms with Crippen molar-refractivity contribution in [3.63, 3.8) is 0 Å². The number of aryl methyl sites for hydroxylation is 1. The Kier molecular flexibility index (Phi) is 5.47. The number of hydrogen-bond acceptors (Lipinski definition) is 5. The van der Waals surface area contributed by atoms with Gasteiger partial charge in [-0.05, 0) is 44.4 Å². The number of imidazole rings is 1. The normalized spacial score (nSPS) is 19.6. The molecule has 2 aliphatic rings.